The lowest BCUT2D eigenvalue weighted by molar-refractivity contribution is -0.385. The van der Waals surface area contributed by atoms with Crippen LogP contribution < -0.4 is 9.47 Å². The van der Waals surface area contributed by atoms with Crippen LogP contribution in [0.4, 0.5) is 5.69 Å². The lowest BCUT2D eigenvalue weighted by atomic mass is 10.0. The van der Waals surface area contributed by atoms with Gasteiger partial charge in [0, 0.05) is 11.6 Å². The van der Waals surface area contributed by atoms with E-state index in [1.54, 1.807) is 6.08 Å². The van der Waals surface area contributed by atoms with Crippen LogP contribution in [-0.2, 0) is 6.42 Å². The van der Waals surface area contributed by atoms with E-state index in [1.807, 2.05) is 0 Å². The molecule has 1 aromatic carbocycles. The minimum absolute atomic E-state index is 0.148. The average Bonchev–Trinajstić information content (AvgIpc) is 2.46. The topological polar surface area (TPSA) is 87.4 Å². The second kappa shape index (κ2) is 5.52. The maximum atomic E-state index is 11.2. The Bertz CT molecular complexity index is 685. The molecule has 1 aromatic heterocycles. The normalized spacial score (nSPS) is 10.3. The number of benzene rings is 1. The van der Waals surface area contributed by atoms with E-state index >= 15 is 0 Å². The Morgan fingerprint density at radius 1 is 1.40 bits per heavy atom. The van der Waals surface area contributed by atoms with Gasteiger partial charge in [-0.3, -0.25) is 10.1 Å². The molecule has 2 rings (SSSR count). The van der Waals surface area contributed by atoms with Gasteiger partial charge in [0.25, 0.3) is 0 Å². The van der Waals surface area contributed by atoms with Gasteiger partial charge in [-0.2, -0.15) is 0 Å². The molecule has 7 heteroatoms. The van der Waals surface area contributed by atoms with E-state index in [1.165, 1.54) is 26.6 Å². The summed E-state index contributed by atoms with van der Waals surface area (Å²) in [7, 11) is 2.84. The van der Waals surface area contributed by atoms with Crippen LogP contribution >= 0.6 is 0 Å². The van der Waals surface area contributed by atoms with Gasteiger partial charge in [-0.05, 0) is 6.42 Å². The minimum Gasteiger partial charge on any atom is -0.490 e. The molecule has 0 saturated heterocycles. The molecule has 7 nitrogen and oxygen atoms in total. The first-order chi connectivity index (χ1) is 9.63. The fourth-order valence-corrected chi connectivity index (χ4v) is 2.07. The Morgan fingerprint density at radius 2 is 2.15 bits per heavy atom. The molecule has 0 fully saturated rings. The van der Waals surface area contributed by atoms with Crippen molar-refractivity contribution in [2.24, 2.45) is 0 Å². The van der Waals surface area contributed by atoms with Crippen LogP contribution in [0, 0.1) is 10.1 Å². The second-order valence-corrected chi connectivity index (χ2v) is 3.94. The van der Waals surface area contributed by atoms with Gasteiger partial charge in [-0.25, -0.2) is 9.97 Å². The van der Waals surface area contributed by atoms with Gasteiger partial charge < -0.3 is 9.47 Å². The quantitative estimate of drug-likeness (QED) is 0.472. The summed E-state index contributed by atoms with van der Waals surface area (Å²) < 4.78 is 10.3. The highest BCUT2D eigenvalue weighted by atomic mass is 16.6. The zero-order valence-corrected chi connectivity index (χ0v) is 11.1. The Kier molecular flexibility index (Phi) is 3.79. The summed E-state index contributed by atoms with van der Waals surface area (Å²) >= 11 is 0. The van der Waals surface area contributed by atoms with Crippen molar-refractivity contribution in [3.63, 3.8) is 0 Å². The third kappa shape index (κ3) is 2.13. The van der Waals surface area contributed by atoms with Crippen molar-refractivity contribution >= 4 is 16.6 Å². The maximum absolute atomic E-state index is 11.2. The molecular formula is C13H13N3O4. The molecular weight excluding hydrogens is 262 g/mol. The van der Waals surface area contributed by atoms with Crippen molar-refractivity contribution < 1.29 is 14.4 Å². The standard InChI is InChI=1S/C13H13N3O4/c1-4-5-8-11-9(13(20-3)15-7-14-11)6-10(16(17)18)12(8)19-2/h4,6-7H,1,5H2,2-3H3. The van der Waals surface area contributed by atoms with E-state index in [0.29, 0.717) is 22.9 Å². The van der Waals surface area contributed by atoms with E-state index in [2.05, 4.69) is 16.5 Å². The third-order valence-corrected chi connectivity index (χ3v) is 2.86. The molecule has 0 saturated carbocycles. The van der Waals surface area contributed by atoms with Gasteiger partial charge in [-0.1, -0.05) is 6.08 Å². The van der Waals surface area contributed by atoms with Crippen LogP contribution in [0.3, 0.4) is 0 Å². The fourth-order valence-electron chi connectivity index (χ4n) is 2.07. The van der Waals surface area contributed by atoms with Gasteiger partial charge in [0.2, 0.25) is 11.6 Å². The number of hydrogen-bond acceptors (Lipinski definition) is 6. The SMILES string of the molecule is C=CCc1c(OC)c([N+](=O)[O-])cc2c(OC)ncnc12. The van der Waals surface area contributed by atoms with Crippen LogP contribution in [0.5, 0.6) is 11.6 Å². The van der Waals surface area contributed by atoms with E-state index in [4.69, 9.17) is 9.47 Å². The molecule has 0 aliphatic carbocycles. The molecule has 20 heavy (non-hydrogen) atoms. The largest absolute Gasteiger partial charge is 0.490 e. The summed E-state index contributed by atoms with van der Waals surface area (Å²) in [6.45, 7) is 3.66. The summed E-state index contributed by atoms with van der Waals surface area (Å²) in [5.74, 6) is 0.467. The molecule has 0 aliphatic rings. The van der Waals surface area contributed by atoms with Crippen LogP contribution in [0.1, 0.15) is 5.56 Å². The van der Waals surface area contributed by atoms with Gasteiger partial charge >= 0.3 is 5.69 Å². The molecule has 0 aliphatic heterocycles. The molecule has 0 unspecified atom stereocenters. The highest BCUT2D eigenvalue weighted by Gasteiger charge is 2.24. The number of nitro groups is 1. The molecule has 0 radical (unpaired) electrons. The number of ether oxygens (including phenoxy) is 2. The zero-order valence-electron chi connectivity index (χ0n) is 11.1. The highest BCUT2D eigenvalue weighted by Crippen LogP contribution is 2.39. The zero-order chi connectivity index (χ0) is 14.7. The molecule has 0 spiro atoms. The smallest absolute Gasteiger partial charge is 0.312 e. The predicted molar refractivity (Wildman–Crippen MR) is 73.2 cm³/mol. The Labute approximate surface area is 115 Å². The molecule has 1 heterocycles. The van der Waals surface area contributed by atoms with Crippen LogP contribution in [0.2, 0.25) is 0 Å². The van der Waals surface area contributed by atoms with Crippen molar-refractivity contribution in [1.82, 2.24) is 9.97 Å². The summed E-state index contributed by atoms with van der Waals surface area (Å²) in [6.07, 6.45) is 3.37. The Balaban J connectivity index is 2.93. The van der Waals surface area contributed by atoms with E-state index < -0.39 is 4.92 Å². The van der Waals surface area contributed by atoms with Gasteiger partial charge in [0.15, 0.2) is 0 Å². The minimum atomic E-state index is -0.503. The number of rotatable bonds is 5. The van der Waals surface area contributed by atoms with Crippen LogP contribution in [0.15, 0.2) is 25.0 Å². The summed E-state index contributed by atoms with van der Waals surface area (Å²) in [4.78, 5) is 18.8. The first-order valence-corrected chi connectivity index (χ1v) is 5.77. The predicted octanol–water partition coefficient (Wildman–Crippen LogP) is 2.28. The second-order valence-electron chi connectivity index (χ2n) is 3.94. The third-order valence-electron chi connectivity index (χ3n) is 2.86. The number of nitrogens with zero attached hydrogens (tertiary/aromatic N) is 3. The van der Waals surface area contributed by atoms with Gasteiger partial charge in [0.05, 0.1) is 30.0 Å². The Morgan fingerprint density at radius 3 is 2.70 bits per heavy atom. The van der Waals surface area contributed by atoms with E-state index in [9.17, 15) is 10.1 Å². The molecule has 0 amide bonds. The van der Waals surface area contributed by atoms with Crippen molar-refractivity contribution in [2.45, 2.75) is 6.42 Å². The van der Waals surface area contributed by atoms with Gasteiger partial charge in [0.1, 0.15) is 6.33 Å². The molecule has 104 valence electrons. The first-order valence-electron chi connectivity index (χ1n) is 5.77. The number of aromatic nitrogens is 2. The van der Waals surface area contributed by atoms with Crippen molar-refractivity contribution in [2.75, 3.05) is 14.2 Å². The summed E-state index contributed by atoms with van der Waals surface area (Å²) in [5.41, 5.74) is 0.997. The fraction of sp³-hybridized carbons (Fsp3) is 0.231. The van der Waals surface area contributed by atoms with Crippen molar-refractivity contribution in [3.05, 3.63) is 40.7 Å². The summed E-state index contributed by atoms with van der Waals surface area (Å²) in [6, 6.07) is 1.36. The number of fused-ring (bicyclic) bond motifs is 1. The first kappa shape index (κ1) is 13.7. The molecule has 0 atom stereocenters. The van der Waals surface area contributed by atoms with Crippen LogP contribution in [-0.4, -0.2) is 29.1 Å². The lowest BCUT2D eigenvalue weighted by Gasteiger charge is -2.11. The highest BCUT2D eigenvalue weighted by molar-refractivity contribution is 5.91. The number of nitro benzene ring substituents is 1. The maximum Gasteiger partial charge on any atom is 0.312 e. The monoisotopic (exact) mass is 275 g/mol. The number of hydrogen-bond donors (Lipinski definition) is 0. The van der Waals surface area contributed by atoms with Crippen molar-refractivity contribution in [3.8, 4) is 11.6 Å². The Hall–Kier alpha value is -2.70. The van der Waals surface area contributed by atoms with E-state index in [-0.39, 0.29) is 17.3 Å². The van der Waals surface area contributed by atoms with Crippen LogP contribution in [0.25, 0.3) is 10.9 Å². The summed E-state index contributed by atoms with van der Waals surface area (Å²) in [5, 5.41) is 11.7. The number of allylic oxidation sites excluding steroid dienone is 1. The molecule has 0 N–H and O–H groups in total. The van der Waals surface area contributed by atoms with Crippen molar-refractivity contribution in [1.29, 1.82) is 0 Å². The van der Waals surface area contributed by atoms with E-state index in [0.717, 1.165) is 0 Å². The lowest BCUT2D eigenvalue weighted by Crippen LogP contribution is -2.02. The average molecular weight is 275 g/mol. The molecule has 0 bridgehead atoms. The van der Waals surface area contributed by atoms with Gasteiger partial charge in [-0.15, -0.1) is 6.58 Å². The number of methoxy groups -OCH3 is 2. The molecule has 2 aromatic rings.